The number of rotatable bonds is 6. The summed E-state index contributed by atoms with van der Waals surface area (Å²) in [4.78, 5) is 13.8. The van der Waals surface area contributed by atoms with Gasteiger partial charge in [-0.25, -0.2) is 4.99 Å². The predicted molar refractivity (Wildman–Crippen MR) is 51.3 cm³/mol. The summed E-state index contributed by atoms with van der Waals surface area (Å²) >= 11 is 0. The largest absolute Gasteiger partial charge is 0.480 e. The standard InChI is InChI=1S/C7H16N4O3/c8-4(6(13)14)2-1-3-5(12)11-7(9)10/h4-5,12H,1-3,8H2,(H,13,14)(H4,9,10,11)/t4-,5?/m0/s1. The van der Waals surface area contributed by atoms with Gasteiger partial charge in [-0.05, 0) is 19.3 Å². The van der Waals surface area contributed by atoms with E-state index in [1.165, 1.54) is 0 Å². The lowest BCUT2D eigenvalue weighted by atomic mass is 10.1. The van der Waals surface area contributed by atoms with Crippen LogP contribution in [0.3, 0.4) is 0 Å². The molecule has 0 radical (unpaired) electrons. The van der Waals surface area contributed by atoms with Crippen LogP contribution in [0.1, 0.15) is 19.3 Å². The molecular weight excluding hydrogens is 188 g/mol. The third kappa shape index (κ3) is 6.21. The smallest absolute Gasteiger partial charge is 0.320 e. The average molecular weight is 204 g/mol. The van der Waals surface area contributed by atoms with Gasteiger partial charge < -0.3 is 27.4 Å². The van der Waals surface area contributed by atoms with Crippen molar-refractivity contribution in [2.75, 3.05) is 0 Å². The third-order valence-electron chi connectivity index (χ3n) is 1.59. The van der Waals surface area contributed by atoms with Crippen molar-refractivity contribution in [2.45, 2.75) is 31.5 Å². The highest BCUT2D eigenvalue weighted by molar-refractivity contribution is 5.75. The van der Waals surface area contributed by atoms with E-state index in [-0.39, 0.29) is 12.4 Å². The minimum atomic E-state index is -1.05. The first-order valence-electron chi connectivity index (χ1n) is 4.18. The van der Waals surface area contributed by atoms with E-state index in [0.717, 1.165) is 0 Å². The van der Waals surface area contributed by atoms with Gasteiger partial charge in [0.05, 0.1) is 0 Å². The maximum Gasteiger partial charge on any atom is 0.320 e. The van der Waals surface area contributed by atoms with E-state index in [2.05, 4.69) is 4.99 Å². The van der Waals surface area contributed by atoms with E-state index in [4.69, 9.17) is 27.4 Å². The molecule has 0 spiro atoms. The lowest BCUT2D eigenvalue weighted by Crippen LogP contribution is -2.30. The molecule has 0 bridgehead atoms. The van der Waals surface area contributed by atoms with E-state index in [0.29, 0.717) is 12.8 Å². The zero-order chi connectivity index (χ0) is 11.1. The Bertz CT molecular complexity index is 215. The summed E-state index contributed by atoms with van der Waals surface area (Å²) in [5, 5.41) is 17.6. The lowest BCUT2D eigenvalue weighted by Gasteiger charge is -2.07. The topological polar surface area (TPSA) is 148 Å². The van der Waals surface area contributed by atoms with Crippen LogP contribution in [0.5, 0.6) is 0 Å². The van der Waals surface area contributed by atoms with Crippen LogP contribution in [0.25, 0.3) is 0 Å². The molecule has 82 valence electrons. The van der Waals surface area contributed by atoms with Gasteiger partial charge in [-0.2, -0.15) is 0 Å². The molecule has 0 aromatic carbocycles. The fraction of sp³-hybridized carbons (Fsp3) is 0.714. The second-order valence-electron chi connectivity index (χ2n) is 2.91. The van der Waals surface area contributed by atoms with Crippen LogP contribution in [-0.4, -0.2) is 34.4 Å². The maximum atomic E-state index is 10.3. The van der Waals surface area contributed by atoms with Crippen LogP contribution < -0.4 is 17.2 Å². The summed E-state index contributed by atoms with van der Waals surface area (Å²) in [6.45, 7) is 0. The highest BCUT2D eigenvalue weighted by atomic mass is 16.4. The molecule has 0 aliphatic heterocycles. The van der Waals surface area contributed by atoms with E-state index in [1.807, 2.05) is 0 Å². The number of guanidine groups is 1. The summed E-state index contributed by atoms with van der Waals surface area (Å²) < 4.78 is 0. The molecular formula is C7H16N4O3. The quantitative estimate of drug-likeness (QED) is 0.253. The fourth-order valence-corrected chi connectivity index (χ4v) is 0.880. The number of nitrogens with two attached hydrogens (primary N) is 3. The zero-order valence-electron chi connectivity index (χ0n) is 7.76. The lowest BCUT2D eigenvalue weighted by molar-refractivity contribution is -0.138. The monoisotopic (exact) mass is 204 g/mol. The van der Waals surface area contributed by atoms with Crippen molar-refractivity contribution in [2.24, 2.45) is 22.2 Å². The van der Waals surface area contributed by atoms with Crippen molar-refractivity contribution >= 4 is 11.9 Å². The van der Waals surface area contributed by atoms with Gasteiger partial charge in [0.2, 0.25) is 0 Å². The molecule has 0 aromatic heterocycles. The van der Waals surface area contributed by atoms with Crippen molar-refractivity contribution in [1.29, 1.82) is 0 Å². The summed E-state index contributed by atoms with van der Waals surface area (Å²) in [6.07, 6.45) is 0.0393. The van der Waals surface area contributed by atoms with E-state index in [9.17, 15) is 4.79 Å². The van der Waals surface area contributed by atoms with Gasteiger partial charge >= 0.3 is 5.97 Å². The summed E-state index contributed by atoms with van der Waals surface area (Å²) in [7, 11) is 0. The minimum absolute atomic E-state index is 0.194. The molecule has 0 heterocycles. The minimum Gasteiger partial charge on any atom is -0.480 e. The molecule has 0 aliphatic carbocycles. The van der Waals surface area contributed by atoms with Crippen LogP contribution in [0.2, 0.25) is 0 Å². The molecule has 0 saturated heterocycles. The molecule has 7 nitrogen and oxygen atoms in total. The Morgan fingerprint density at radius 2 is 1.93 bits per heavy atom. The van der Waals surface area contributed by atoms with Crippen LogP contribution >= 0.6 is 0 Å². The van der Waals surface area contributed by atoms with Gasteiger partial charge in [-0.3, -0.25) is 4.79 Å². The fourth-order valence-electron chi connectivity index (χ4n) is 0.880. The van der Waals surface area contributed by atoms with Crippen molar-refractivity contribution < 1.29 is 15.0 Å². The molecule has 0 aliphatic rings. The SMILES string of the molecule is NC(N)=NC(O)CCC[C@H](N)C(=O)O. The van der Waals surface area contributed by atoms with E-state index in [1.54, 1.807) is 0 Å². The molecule has 0 saturated carbocycles. The van der Waals surface area contributed by atoms with E-state index < -0.39 is 18.2 Å². The van der Waals surface area contributed by atoms with Crippen molar-refractivity contribution in [1.82, 2.24) is 0 Å². The van der Waals surface area contributed by atoms with Gasteiger partial charge in [0, 0.05) is 0 Å². The summed E-state index contributed by atoms with van der Waals surface area (Å²) in [5.41, 5.74) is 15.3. The Morgan fingerprint density at radius 1 is 1.36 bits per heavy atom. The number of hydrogen-bond donors (Lipinski definition) is 5. The van der Waals surface area contributed by atoms with Crippen LogP contribution in [-0.2, 0) is 4.79 Å². The second kappa shape index (κ2) is 6.17. The highest BCUT2D eigenvalue weighted by Crippen LogP contribution is 2.03. The number of hydrogen-bond acceptors (Lipinski definition) is 4. The number of aliphatic imine (C=N–C) groups is 1. The first-order valence-corrected chi connectivity index (χ1v) is 4.18. The first kappa shape index (κ1) is 12.7. The Hall–Kier alpha value is -1.34. The molecule has 0 aromatic rings. The van der Waals surface area contributed by atoms with Crippen LogP contribution in [0, 0.1) is 0 Å². The first-order chi connectivity index (χ1) is 6.43. The van der Waals surface area contributed by atoms with Gasteiger partial charge in [0.1, 0.15) is 12.3 Å². The van der Waals surface area contributed by atoms with Crippen molar-refractivity contribution in [3.63, 3.8) is 0 Å². The number of aliphatic hydroxyl groups is 1. The molecule has 14 heavy (non-hydrogen) atoms. The number of carboxylic acids is 1. The van der Waals surface area contributed by atoms with Crippen LogP contribution in [0.4, 0.5) is 0 Å². The van der Waals surface area contributed by atoms with Crippen LogP contribution in [0.15, 0.2) is 4.99 Å². The third-order valence-corrected chi connectivity index (χ3v) is 1.59. The van der Waals surface area contributed by atoms with Gasteiger partial charge in [0.25, 0.3) is 0 Å². The van der Waals surface area contributed by atoms with Gasteiger partial charge in [-0.1, -0.05) is 0 Å². The average Bonchev–Trinajstić information content (AvgIpc) is 2.02. The molecule has 8 N–H and O–H groups in total. The molecule has 2 atom stereocenters. The maximum absolute atomic E-state index is 10.3. The molecule has 0 fully saturated rings. The number of aliphatic hydroxyl groups excluding tert-OH is 1. The Balaban J connectivity index is 3.64. The Kier molecular flexibility index (Phi) is 5.58. The molecule has 0 rings (SSSR count). The summed E-state index contributed by atoms with van der Waals surface area (Å²) in [5.74, 6) is -1.25. The molecule has 0 amide bonds. The normalized spacial score (nSPS) is 14.4. The number of nitrogens with zero attached hydrogens (tertiary/aromatic N) is 1. The van der Waals surface area contributed by atoms with Crippen molar-refractivity contribution in [3.05, 3.63) is 0 Å². The number of carboxylic acid groups (broad SMARTS) is 1. The molecule has 1 unspecified atom stereocenters. The number of carbonyl (C=O) groups is 1. The predicted octanol–water partition coefficient (Wildman–Crippen LogP) is -1.84. The molecule has 7 heteroatoms. The Morgan fingerprint density at radius 3 is 2.36 bits per heavy atom. The number of aliphatic carboxylic acids is 1. The second-order valence-corrected chi connectivity index (χ2v) is 2.91. The zero-order valence-corrected chi connectivity index (χ0v) is 7.76. The highest BCUT2D eigenvalue weighted by Gasteiger charge is 2.11. The van der Waals surface area contributed by atoms with Gasteiger partial charge in [-0.15, -0.1) is 0 Å². The Labute approximate surface area is 81.6 Å². The van der Waals surface area contributed by atoms with Crippen molar-refractivity contribution in [3.8, 4) is 0 Å². The summed E-state index contributed by atoms with van der Waals surface area (Å²) in [6, 6.07) is -0.901. The van der Waals surface area contributed by atoms with E-state index >= 15 is 0 Å². The van der Waals surface area contributed by atoms with Gasteiger partial charge in [0.15, 0.2) is 5.96 Å².